The summed E-state index contributed by atoms with van der Waals surface area (Å²) in [6.45, 7) is 10.5. The molecule has 0 spiro atoms. The maximum Gasteiger partial charge on any atom is 0.123 e. The summed E-state index contributed by atoms with van der Waals surface area (Å²) in [6, 6.07) is 4.37. The van der Waals surface area contributed by atoms with E-state index in [0.29, 0.717) is 0 Å². The molecule has 0 aliphatic rings. The molecular weight excluding hydrogens is 240 g/mol. The van der Waals surface area contributed by atoms with E-state index < -0.39 is 0 Å². The van der Waals surface area contributed by atoms with E-state index in [0.717, 1.165) is 23.8 Å². The highest BCUT2D eigenvalue weighted by Gasteiger charge is 2.09. The van der Waals surface area contributed by atoms with Crippen LogP contribution < -0.4 is 5.32 Å². The first-order chi connectivity index (χ1) is 8.63. The van der Waals surface area contributed by atoms with Crippen LogP contribution in [0.4, 0.5) is 0 Å². The van der Waals surface area contributed by atoms with Crippen LogP contribution in [0.2, 0.25) is 0 Å². The highest BCUT2D eigenvalue weighted by molar-refractivity contribution is 7.13. The molecule has 0 fully saturated rings. The van der Waals surface area contributed by atoms with E-state index >= 15 is 0 Å². The molecule has 1 heterocycles. The van der Waals surface area contributed by atoms with Gasteiger partial charge in [0.05, 0.1) is 5.69 Å². The molecule has 0 bridgehead atoms. The van der Waals surface area contributed by atoms with Crippen LogP contribution in [0.1, 0.15) is 29.3 Å². The van der Waals surface area contributed by atoms with Crippen molar-refractivity contribution in [3.63, 3.8) is 0 Å². The van der Waals surface area contributed by atoms with Crippen LogP contribution in [0, 0.1) is 20.8 Å². The summed E-state index contributed by atoms with van der Waals surface area (Å²) in [6.07, 6.45) is 0. The lowest BCUT2D eigenvalue weighted by molar-refractivity contribution is 0.715. The van der Waals surface area contributed by atoms with Gasteiger partial charge < -0.3 is 5.32 Å². The second-order valence-electron chi connectivity index (χ2n) is 4.60. The van der Waals surface area contributed by atoms with Crippen molar-refractivity contribution in [3.8, 4) is 10.6 Å². The van der Waals surface area contributed by atoms with E-state index in [1.165, 1.54) is 22.3 Å². The smallest absolute Gasteiger partial charge is 0.123 e. The lowest BCUT2D eigenvalue weighted by atomic mass is 9.99. The van der Waals surface area contributed by atoms with Gasteiger partial charge in [-0.1, -0.05) is 19.1 Å². The van der Waals surface area contributed by atoms with E-state index in [1.807, 2.05) is 0 Å². The molecule has 2 rings (SSSR count). The first-order valence-corrected chi connectivity index (χ1v) is 7.23. The summed E-state index contributed by atoms with van der Waals surface area (Å²) in [5, 5.41) is 6.58. The van der Waals surface area contributed by atoms with Crippen molar-refractivity contribution < 1.29 is 0 Å². The van der Waals surface area contributed by atoms with Crippen molar-refractivity contribution in [1.29, 1.82) is 0 Å². The lowest BCUT2D eigenvalue weighted by Gasteiger charge is -2.08. The standard InChI is InChI=1S/C15H20N2S/c1-5-16-8-13-9-18-15(17-13)14-7-6-10(2)11(3)12(14)4/h6-7,9,16H,5,8H2,1-4H3. The van der Waals surface area contributed by atoms with Gasteiger partial charge in [0.15, 0.2) is 0 Å². The minimum atomic E-state index is 0.858. The third kappa shape index (κ3) is 2.62. The van der Waals surface area contributed by atoms with E-state index in [9.17, 15) is 0 Å². The van der Waals surface area contributed by atoms with Gasteiger partial charge in [-0.05, 0) is 44.0 Å². The summed E-state index contributed by atoms with van der Waals surface area (Å²) < 4.78 is 0. The molecule has 1 N–H and O–H groups in total. The van der Waals surface area contributed by atoms with Gasteiger partial charge in [0.25, 0.3) is 0 Å². The molecule has 0 saturated heterocycles. The number of rotatable bonds is 4. The van der Waals surface area contributed by atoms with Gasteiger partial charge in [0.1, 0.15) is 5.01 Å². The average molecular weight is 260 g/mol. The highest BCUT2D eigenvalue weighted by Crippen LogP contribution is 2.29. The summed E-state index contributed by atoms with van der Waals surface area (Å²) in [7, 11) is 0. The third-order valence-corrected chi connectivity index (χ3v) is 4.32. The van der Waals surface area contributed by atoms with Crippen LogP contribution in [-0.2, 0) is 6.54 Å². The summed E-state index contributed by atoms with van der Waals surface area (Å²) in [4.78, 5) is 4.71. The number of benzene rings is 1. The molecule has 0 amide bonds. The first kappa shape index (κ1) is 13.2. The Bertz CT molecular complexity index is 543. The van der Waals surface area contributed by atoms with Gasteiger partial charge in [-0.25, -0.2) is 4.98 Å². The molecule has 0 radical (unpaired) electrons. The van der Waals surface area contributed by atoms with Crippen molar-refractivity contribution in [2.24, 2.45) is 0 Å². The van der Waals surface area contributed by atoms with Gasteiger partial charge in [-0.3, -0.25) is 0 Å². The second-order valence-corrected chi connectivity index (χ2v) is 5.46. The number of nitrogens with zero attached hydrogens (tertiary/aromatic N) is 1. The molecule has 1 aromatic heterocycles. The van der Waals surface area contributed by atoms with E-state index in [2.05, 4.69) is 50.5 Å². The Balaban J connectivity index is 2.31. The van der Waals surface area contributed by atoms with E-state index in [4.69, 9.17) is 4.98 Å². The van der Waals surface area contributed by atoms with E-state index in [1.54, 1.807) is 11.3 Å². The number of aryl methyl sites for hydroxylation is 1. The highest BCUT2D eigenvalue weighted by atomic mass is 32.1. The number of hydrogen-bond donors (Lipinski definition) is 1. The van der Waals surface area contributed by atoms with Gasteiger partial charge >= 0.3 is 0 Å². The quantitative estimate of drug-likeness (QED) is 0.903. The normalized spacial score (nSPS) is 10.9. The Morgan fingerprint density at radius 3 is 2.67 bits per heavy atom. The largest absolute Gasteiger partial charge is 0.311 e. The molecule has 2 nitrogen and oxygen atoms in total. The summed E-state index contributed by atoms with van der Waals surface area (Å²) in [5.41, 5.74) is 6.47. The van der Waals surface area contributed by atoms with Gasteiger partial charge in [0, 0.05) is 17.5 Å². The van der Waals surface area contributed by atoms with Crippen LogP contribution in [0.15, 0.2) is 17.5 Å². The Morgan fingerprint density at radius 1 is 1.17 bits per heavy atom. The Labute approximate surface area is 113 Å². The first-order valence-electron chi connectivity index (χ1n) is 6.35. The predicted molar refractivity (Wildman–Crippen MR) is 79.1 cm³/mol. The van der Waals surface area contributed by atoms with Crippen molar-refractivity contribution in [1.82, 2.24) is 10.3 Å². The maximum atomic E-state index is 4.71. The minimum Gasteiger partial charge on any atom is -0.311 e. The number of thiazole rings is 1. The van der Waals surface area contributed by atoms with Crippen molar-refractivity contribution in [3.05, 3.63) is 39.9 Å². The van der Waals surface area contributed by atoms with E-state index in [-0.39, 0.29) is 0 Å². The zero-order chi connectivity index (χ0) is 13.1. The summed E-state index contributed by atoms with van der Waals surface area (Å²) >= 11 is 1.73. The van der Waals surface area contributed by atoms with Crippen molar-refractivity contribution >= 4 is 11.3 Å². The molecule has 96 valence electrons. The Hall–Kier alpha value is -1.19. The van der Waals surface area contributed by atoms with Crippen LogP contribution >= 0.6 is 11.3 Å². The fourth-order valence-electron chi connectivity index (χ4n) is 1.95. The fourth-order valence-corrected chi connectivity index (χ4v) is 2.85. The van der Waals surface area contributed by atoms with Crippen molar-refractivity contribution in [2.75, 3.05) is 6.54 Å². The SMILES string of the molecule is CCNCc1csc(-c2ccc(C)c(C)c2C)n1. The predicted octanol–water partition coefficient (Wildman–Crippen LogP) is 3.84. The number of hydrogen-bond acceptors (Lipinski definition) is 3. The molecule has 0 unspecified atom stereocenters. The Morgan fingerprint density at radius 2 is 1.94 bits per heavy atom. The van der Waals surface area contributed by atoms with Crippen LogP contribution in [0.25, 0.3) is 10.6 Å². The molecule has 0 atom stereocenters. The lowest BCUT2D eigenvalue weighted by Crippen LogP contribution is -2.11. The zero-order valence-electron chi connectivity index (χ0n) is 11.5. The molecule has 1 aromatic carbocycles. The molecular formula is C15H20N2S. The number of aromatic nitrogens is 1. The van der Waals surface area contributed by atoms with Gasteiger partial charge in [-0.2, -0.15) is 0 Å². The number of nitrogens with one attached hydrogen (secondary N) is 1. The molecule has 3 heteroatoms. The van der Waals surface area contributed by atoms with Gasteiger partial charge in [-0.15, -0.1) is 11.3 Å². The molecule has 18 heavy (non-hydrogen) atoms. The topological polar surface area (TPSA) is 24.9 Å². The minimum absolute atomic E-state index is 0.858. The molecule has 0 aliphatic heterocycles. The van der Waals surface area contributed by atoms with Crippen LogP contribution in [-0.4, -0.2) is 11.5 Å². The van der Waals surface area contributed by atoms with Crippen molar-refractivity contribution in [2.45, 2.75) is 34.2 Å². The molecule has 2 aromatic rings. The second kappa shape index (κ2) is 5.63. The average Bonchev–Trinajstić information content (AvgIpc) is 2.82. The third-order valence-electron chi connectivity index (χ3n) is 3.40. The summed E-state index contributed by atoms with van der Waals surface area (Å²) in [5.74, 6) is 0. The van der Waals surface area contributed by atoms with Gasteiger partial charge in [0.2, 0.25) is 0 Å². The fraction of sp³-hybridized carbons (Fsp3) is 0.400. The molecule has 0 saturated carbocycles. The van der Waals surface area contributed by atoms with Crippen LogP contribution in [0.3, 0.4) is 0 Å². The monoisotopic (exact) mass is 260 g/mol. The van der Waals surface area contributed by atoms with Crippen LogP contribution in [0.5, 0.6) is 0 Å². The Kier molecular flexibility index (Phi) is 4.15. The maximum absolute atomic E-state index is 4.71. The zero-order valence-corrected chi connectivity index (χ0v) is 12.3. The molecule has 0 aliphatic carbocycles.